The van der Waals surface area contributed by atoms with Gasteiger partial charge in [-0.15, -0.1) is 0 Å². The summed E-state index contributed by atoms with van der Waals surface area (Å²) in [6.45, 7) is 7.42. The number of aromatic nitrogens is 1. The third kappa shape index (κ3) is 5.76. The zero-order valence-corrected chi connectivity index (χ0v) is 19.4. The zero-order valence-electron chi connectivity index (χ0n) is 19.4. The van der Waals surface area contributed by atoms with Crippen LogP contribution < -0.4 is 0 Å². The van der Waals surface area contributed by atoms with Gasteiger partial charge in [0, 0.05) is 38.4 Å². The van der Waals surface area contributed by atoms with E-state index in [0.29, 0.717) is 12.6 Å². The van der Waals surface area contributed by atoms with E-state index in [2.05, 4.69) is 51.2 Å². The second-order valence-corrected chi connectivity index (χ2v) is 9.39. The van der Waals surface area contributed by atoms with E-state index >= 15 is 0 Å². The third-order valence-corrected chi connectivity index (χ3v) is 7.24. The van der Waals surface area contributed by atoms with Crippen LogP contribution in [0.4, 0.5) is 0 Å². The summed E-state index contributed by atoms with van der Waals surface area (Å²) in [6.07, 6.45) is 7.99. The first-order chi connectivity index (χ1) is 15.7. The molecule has 32 heavy (non-hydrogen) atoms. The van der Waals surface area contributed by atoms with Gasteiger partial charge >= 0.3 is 5.97 Å². The molecule has 2 aromatic rings. The van der Waals surface area contributed by atoms with Crippen molar-refractivity contribution in [3.05, 3.63) is 66.0 Å². The number of likely N-dealkylation sites (tertiary alicyclic amines) is 2. The molecule has 0 unspecified atom stereocenters. The van der Waals surface area contributed by atoms with Crippen LogP contribution in [0.25, 0.3) is 0 Å². The highest BCUT2D eigenvalue weighted by Crippen LogP contribution is 2.38. The number of carbonyl (C=O) groups is 1. The summed E-state index contributed by atoms with van der Waals surface area (Å²) in [5.41, 5.74) is 2.07. The highest BCUT2D eigenvalue weighted by molar-refractivity contribution is 5.77. The Morgan fingerprint density at radius 2 is 1.88 bits per heavy atom. The van der Waals surface area contributed by atoms with Gasteiger partial charge in [-0.25, -0.2) is 0 Å². The number of esters is 1. The van der Waals surface area contributed by atoms with Crippen molar-refractivity contribution in [3.63, 3.8) is 0 Å². The largest absolute Gasteiger partial charge is 0.466 e. The van der Waals surface area contributed by atoms with Gasteiger partial charge in [0.25, 0.3) is 0 Å². The van der Waals surface area contributed by atoms with Crippen LogP contribution in [0.1, 0.15) is 50.3 Å². The van der Waals surface area contributed by atoms with Crippen molar-refractivity contribution >= 4 is 5.97 Å². The fourth-order valence-electron chi connectivity index (χ4n) is 5.43. The van der Waals surface area contributed by atoms with Crippen molar-refractivity contribution in [2.24, 2.45) is 5.41 Å². The van der Waals surface area contributed by atoms with Gasteiger partial charge in [-0.05, 0) is 69.7 Å². The van der Waals surface area contributed by atoms with Gasteiger partial charge < -0.3 is 4.74 Å². The minimum atomic E-state index is -0.380. The van der Waals surface area contributed by atoms with Crippen molar-refractivity contribution in [2.45, 2.75) is 58.0 Å². The molecule has 3 heterocycles. The lowest BCUT2D eigenvalue weighted by molar-refractivity contribution is -0.160. The van der Waals surface area contributed by atoms with E-state index in [1.165, 1.54) is 5.56 Å². The van der Waals surface area contributed by atoms with E-state index in [1.807, 2.05) is 25.3 Å². The highest BCUT2D eigenvalue weighted by Gasteiger charge is 2.44. The maximum Gasteiger partial charge on any atom is 0.313 e. The summed E-state index contributed by atoms with van der Waals surface area (Å²) in [7, 11) is 0. The Balaban J connectivity index is 1.37. The van der Waals surface area contributed by atoms with Gasteiger partial charge in [-0.3, -0.25) is 19.6 Å². The predicted octanol–water partition coefficient (Wildman–Crippen LogP) is 4.32. The molecule has 0 radical (unpaired) electrons. The fourth-order valence-corrected chi connectivity index (χ4v) is 5.43. The number of ether oxygens (including phenoxy) is 1. The Bertz CT molecular complexity index is 836. The number of nitrogens with zero attached hydrogens (tertiary/aromatic N) is 3. The molecule has 0 aliphatic carbocycles. The van der Waals surface area contributed by atoms with Crippen molar-refractivity contribution < 1.29 is 9.53 Å². The average molecular weight is 436 g/mol. The summed E-state index contributed by atoms with van der Waals surface area (Å²) in [6, 6.07) is 17.2. The smallest absolute Gasteiger partial charge is 0.313 e. The van der Waals surface area contributed by atoms with Gasteiger partial charge in [-0.2, -0.15) is 0 Å². The van der Waals surface area contributed by atoms with E-state index < -0.39 is 0 Å². The molecule has 0 saturated carbocycles. The van der Waals surface area contributed by atoms with Crippen molar-refractivity contribution in [2.75, 3.05) is 32.8 Å². The molecule has 2 saturated heterocycles. The van der Waals surface area contributed by atoms with E-state index in [-0.39, 0.29) is 11.4 Å². The first-order valence-corrected chi connectivity index (χ1v) is 12.3. The van der Waals surface area contributed by atoms with E-state index in [1.54, 1.807) is 0 Å². The lowest BCUT2D eigenvalue weighted by Crippen LogP contribution is -2.54. The van der Waals surface area contributed by atoms with Crippen LogP contribution in [0.3, 0.4) is 0 Å². The van der Waals surface area contributed by atoms with Crippen LogP contribution in [-0.2, 0) is 22.5 Å². The van der Waals surface area contributed by atoms with Crippen molar-refractivity contribution in [3.8, 4) is 0 Å². The number of benzene rings is 1. The molecule has 1 atom stereocenters. The lowest BCUT2D eigenvalue weighted by Gasteiger charge is -2.46. The molecule has 1 aromatic heterocycles. The maximum absolute atomic E-state index is 13.2. The first-order valence-electron chi connectivity index (χ1n) is 12.3. The molecule has 0 N–H and O–H groups in total. The molecular formula is C27H37N3O2. The van der Waals surface area contributed by atoms with Crippen molar-refractivity contribution in [1.82, 2.24) is 14.8 Å². The monoisotopic (exact) mass is 435 g/mol. The molecule has 0 amide bonds. The second kappa shape index (κ2) is 11.1. The summed E-state index contributed by atoms with van der Waals surface area (Å²) in [4.78, 5) is 22.8. The summed E-state index contributed by atoms with van der Waals surface area (Å²) < 4.78 is 5.61. The molecule has 172 valence electrons. The minimum absolute atomic E-state index is 0.00761. The van der Waals surface area contributed by atoms with Crippen LogP contribution in [0.5, 0.6) is 0 Å². The van der Waals surface area contributed by atoms with Crippen LogP contribution in [0.15, 0.2) is 54.7 Å². The molecular weight excluding hydrogens is 398 g/mol. The Kier molecular flexibility index (Phi) is 7.93. The van der Waals surface area contributed by atoms with Gasteiger partial charge in [0.05, 0.1) is 17.7 Å². The topological polar surface area (TPSA) is 45.7 Å². The van der Waals surface area contributed by atoms with Crippen molar-refractivity contribution in [1.29, 1.82) is 0 Å². The molecule has 0 bridgehead atoms. The highest BCUT2D eigenvalue weighted by atomic mass is 16.5. The van der Waals surface area contributed by atoms with Gasteiger partial charge in [0.1, 0.15) is 0 Å². The number of pyridine rings is 1. The van der Waals surface area contributed by atoms with Gasteiger partial charge in [0.2, 0.25) is 0 Å². The average Bonchev–Trinajstić information content (AvgIpc) is 2.85. The molecule has 5 heteroatoms. The summed E-state index contributed by atoms with van der Waals surface area (Å²) >= 11 is 0. The first kappa shape index (κ1) is 22.9. The Morgan fingerprint density at radius 3 is 2.59 bits per heavy atom. The second-order valence-electron chi connectivity index (χ2n) is 9.39. The van der Waals surface area contributed by atoms with Crippen LogP contribution in [0, 0.1) is 5.41 Å². The number of hydrogen-bond acceptors (Lipinski definition) is 5. The van der Waals surface area contributed by atoms with E-state index in [0.717, 1.165) is 76.9 Å². The summed E-state index contributed by atoms with van der Waals surface area (Å²) in [5.74, 6) is 0.00761. The normalized spacial score (nSPS) is 23.2. The quantitative estimate of drug-likeness (QED) is 0.578. The molecule has 2 aliphatic heterocycles. The fraction of sp³-hybridized carbons (Fsp3) is 0.556. The van der Waals surface area contributed by atoms with Gasteiger partial charge in [-0.1, -0.05) is 36.4 Å². The van der Waals surface area contributed by atoms with E-state index in [4.69, 9.17) is 4.74 Å². The van der Waals surface area contributed by atoms with E-state index in [9.17, 15) is 4.79 Å². The molecule has 0 spiro atoms. The Labute approximate surface area is 192 Å². The SMILES string of the molecule is CCOC(=O)[C@@]1(CCc2ccccc2)CCCN(C2CCN(Cc3ccccn3)CC2)C1. The van der Waals surface area contributed by atoms with Crippen LogP contribution in [0.2, 0.25) is 0 Å². The molecule has 2 fully saturated rings. The number of aryl methyl sites for hydroxylation is 1. The molecule has 4 rings (SSSR count). The number of carbonyl (C=O) groups excluding carboxylic acids is 1. The molecule has 2 aliphatic rings. The van der Waals surface area contributed by atoms with Gasteiger partial charge in [0.15, 0.2) is 0 Å². The Morgan fingerprint density at radius 1 is 1.09 bits per heavy atom. The van der Waals surface area contributed by atoms with Crippen LogP contribution >= 0.6 is 0 Å². The zero-order chi connectivity index (χ0) is 22.2. The number of rotatable bonds is 8. The standard InChI is InChI=1S/C27H37N3O2/c1-2-32-26(31)27(16-12-23-9-4-3-5-10-23)15-8-18-30(22-27)25-13-19-29(20-14-25)21-24-11-6-7-17-28-24/h3-7,9-11,17,25H,2,8,12-16,18-22H2,1H3/t27-/m1/s1. The maximum atomic E-state index is 13.2. The molecule has 5 nitrogen and oxygen atoms in total. The number of piperidine rings is 2. The number of hydrogen-bond donors (Lipinski definition) is 0. The lowest BCUT2D eigenvalue weighted by atomic mass is 9.74. The predicted molar refractivity (Wildman–Crippen MR) is 127 cm³/mol. The Hall–Kier alpha value is -2.24. The van der Waals surface area contributed by atoms with Crippen LogP contribution in [-0.4, -0.2) is 59.6 Å². The summed E-state index contributed by atoms with van der Waals surface area (Å²) in [5, 5.41) is 0. The molecule has 1 aromatic carbocycles. The third-order valence-electron chi connectivity index (χ3n) is 7.24. The minimum Gasteiger partial charge on any atom is -0.466 e.